The normalized spacial score (nSPS) is 14.8. The van der Waals surface area contributed by atoms with Gasteiger partial charge in [0.25, 0.3) is 0 Å². The maximum atomic E-state index is 5.49. The smallest absolute Gasteiger partial charge is 0.231 e. The molecule has 4 rings (SSSR count). The number of para-hydroxylation sites is 1. The van der Waals surface area contributed by atoms with Crippen LogP contribution in [0.3, 0.4) is 0 Å². The number of nitrogens with one attached hydrogen (secondary N) is 1. The van der Waals surface area contributed by atoms with Gasteiger partial charge in [-0.2, -0.15) is 4.68 Å². The molecule has 0 radical (unpaired) electrons. The predicted octanol–water partition coefficient (Wildman–Crippen LogP) is 3.75. The number of anilines is 1. The molecule has 1 aliphatic heterocycles. The minimum absolute atomic E-state index is 0.259. The summed E-state index contributed by atoms with van der Waals surface area (Å²) in [4.78, 5) is 0. The third kappa shape index (κ3) is 2.99. The molecule has 3 aromatic rings. The van der Waals surface area contributed by atoms with E-state index in [0.29, 0.717) is 0 Å². The Labute approximate surface area is 158 Å². The molecular weight excluding hydrogens is 342 g/mol. The molecule has 140 valence electrons. The first kappa shape index (κ1) is 17.3. The largest absolute Gasteiger partial charge is 0.454 e. The van der Waals surface area contributed by atoms with Crippen LogP contribution in [-0.2, 0) is 5.54 Å². The Bertz CT molecular complexity index is 964. The molecule has 27 heavy (non-hydrogen) atoms. The summed E-state index contributed by atoms with van der Waals surface area (Å²) >= 11 is 0. The minimum Gasteiger partial charge on any atom is -0.454 e. The Morgan fingerprint density at radius 3 is 2.59 bits per heavy atom. The van der Waals surface area contributed by atoms with Crippen molar-refractivity contribution in [2.24, 2.45) is 0 Å². The molecule has 1 atom stereocenters. The fourth-order valence-electron chi connectivity index (χ4n) is 3.42. The van der Waals surface area contributed by atoms with Crippen LogP contribution in [0, 0.1) is 13.8 Å². The molecule has 7 nitrogen and oxygen atoms in total. The molecule has 2 heterocycles. The first-order chi connectivity index (χ1) is 13.0. The van der Waals surface area contributed by atoms with E-state index in [1.807, 2.05) is 28.9 Å². The highest BCUT2D eigenvalue weighted by Gasteiger charge is 2.32. The van der Waals surface area contributed by atoms with Gasteiger partial charge < -0.3 is 14.8 Å². The monoisotopic (exact) mass is 365 g/mol. The molecule has 0 spiro atoms. The topological polar surface area (TPSA) is 74.1 Å². The Morgan fingerprint density at radius 2 is 1.85 bits per heavy atom. The SMILES string of the molecule is CC[C@@](C)(Nc1ccc2c(c1)OCO2)c1nnnn1-c1c(C)cccc1C. The van der Waals surface area contributed by atoms with Crippen LogP contribution in [0.15, 0.2) is 36.4 Å². The van der Waals surface area contributed by atoms with Crippen molar-refractivity contribution in [2.75, 3.05) is 12.1 Å². The zero-order chi connectivity index (χ0) is 19.0. The Morgan fingerprint density at radius 1 is 1.11 bits per heavy atom. The van der Waals surface area contributed by atoms with Gasteiger partial charge in [-0.25, -0.2) is 0 Å². The molecule has 0 amide bonds. The molecule has 0 unspecified atom stereocenters. The van der Waals surface area contributed by atoms with Crippen LogP contribution in [0.1, 0.15) is 37.2 Å². The van der Waals surface area contributed by atoms with E-state index in [0.717, 1.165) is 46.2 Å². The zero-order valence-electron chi connectivity index (χ0n) is 16.0. The van der Waals surface area contributed by atoms with Crippen LogP contribution in [0.4, 0.5) is 5.69 Å². The molecule has 1 aliphatic rings. The number of fused-ring (bicyclic) bond motifs is 1. The second kappa shape index (κ2) is 6.57. The molecule has 0 aliphatic carbocycles. The fraction of sp³-hybridized carbons (Fsp3) is 0.350. The second-order valence-corrected chi connectivity index (χ2v) is 7.03. The quantitative estimate of drug-likeness (QED) is 0.742. The zero-order valence-corrected chi connectivity index (χ0v) is 16.0. The molecule has 1 aromatic heterocycles. The van der Waals surface area contributed by atoms with Crippen LogP contribution in [-0.4, -0.2) is 27.0 Å². The molecule has 0 fully saturated rings. The van der Waals surface area contributed by atoms with Gasteiger partial charge in [0.05, 0.1) is 11.2 Å². The van der Waals surface area contributed by atoms with E-state index in [1.165, 1.54) is 0 Å². The van der Waals surface area contributed by atoms with Gasteiger partial charge in [-0.15, -0.1) is 5.10 Å². The summed E-state index contributed by atoms with van der Waals surface area (Å²) in [7, 11) is 0. The molecular formula is C20H23N5O2. The van der Waals surface area contributed by atoms with Crippen molar-refractivity contribution in [2.45, 2.75) is 39.7 Å². The summed E-state index contributed by atoms with van der Waals surface area (Å²) in [6, 6.07) is 12.0. The average molecular weight is 365 g/mol. The lowest BCUT2D eigenvalue weighted by atomic mass is 9.96. The van der Waals surface area contributed by atoms with Gasteiger partial charge in [0.1, 0.15) is 0 Å². The number of aryl methyl sites for hydroxylation is 2. The maximum absolute atomic E-state index is 5.49. The Kier molecular flexibility index (Phi) is 4.22. The van der Waals surface area contributed by atoms with Gasteiger partial charge in [-0.1, -0.05) is 25.1 Å². The van der Waals surface area contributed by atoms with Crippen molar-refractivity contribution in [3.63, 3.8) is 0 Å². The number of rotatable bonds is 5. The number of nitrogens with zero attached hydrogens (tertiary/aromatic N) is 4. The third-order valence-electron chi connectivity index (χ3n) is 5.11. The third-order valence-corrected chi connectivity index (χ3v) is 5.11. The molecule has 0 bridgehead atoms. The van der Waals surface area contributed by atoms with Crippen LogP contribution >= 0.6 is 0 Å². The highest BCUT2D eigenvalue weighted by molar-refractivity contribution is 5.57. The lowest BCUT2D eigenvalue weighted by Gasteiger charge is -2.30. The average Bonchev–Trinajstić information content (AvgIpc) is 3.30. The number of hydrogen-bond donors (Lipinski definition) is 1. The van der Waals surface area contributed by atoms with Crippen molar-refractivity contribution in [1.82, 2.24) is 20.2 Å². The van der Waals surface area contributed by atoms with Gasteiger partial charge in [0.2, 0.25) is 6.79 Å². The lowest BCUT2D eigenvalue weighted by molar-refractivity contribution is 0.174. The fourth-order valence-corrected chi connectivity index (χ4v) is 3.42. The minimum atomic E-state index is -0.466. The van der Waals surface area contributed by atoms with Gasteiger partial charge in [0.15, 0.2) is 17.3 Å². The van der Waals surface area contributed by atoms with Crippen LogP contribution < -0.4 is 14.8 Å². The van der Waals surface area contributed by atoms with E-state index >= 15 is 0 Å². The number of aromatic nitrogens is 4. The van der Waals surface area contributed by atoms with Gasteiger partial charge in [-0.05, 0) is 60.9 Å². The van der Waals surface area contributed by atoms with Crippen LogP contribution in [0.5, 0.6) is 11.5 Å². The van der Waals surface area contributed by atoms with Crippen molar-refractivity contribution >= 4 is 5.69 Å². The van der Waals surface area contributed by atoms with E-state index < -0.39 is 5.54 Å². The number of ether oxygens (including phenoxy) is 2. The van der Waals surface area contributed by atoms with E-state index in [-0.39, 0.29) is 6.79 Å². The standard InChI is InChI=1S/C20H23N5O2/c1-5-20(4,21-15-9-10-16-17(11-15)27-12-26-16)19-22-23-24-25(19)18-13(2)7-6-8-14(18)3/h6-11,21H,5,12H2,1-4H3/t20-/m1/s1. The molecule has 0 saturated heterocycles. The van der Waals surface area contributed by atoms with E-state index in [1.54, 1.807) is 0 Å². The lowest BCUT2D eigenvalue weighted by Crippen LogP contribution is -2.34. The van der Waals surface area contributed by atoms with E-state index in [9.17, 15) is 0 Å². The Hall–Kier alpha value is -3.09. The first-order valence-corrected chi connectivity index (χ1v) is 9.05. The van der Waals surface area contributed by atoms with Crippen LogP contribution in [0.2, 0.25) is 0 Å². The summed E-state index contributed by atoms with van der Waals surface area (Å²) in [5.41, 5.74) is 3.74. The van der Waals surface area contributed by atoms with E-state index in [4.69, 9.17) is 9.47 Å². The highest BCUT2D eigenvalue weighted by Crippen LogP contribution is 2.37. The first-order valence-electron chi connectivity index (χ1n) is 9.05. The van der Waals surface area contributed by atoms with Crippen molar-refractivity contribution in [3.8, 4) is 17.2 Å². The summed E-state index contributed by atoms with van der Waals surface area (Å²) in [5.74, 6) is 2.27. The number of hydrogen-bond acceptors (Lipinski definition) is 6. The van der Waals surface area contributed by atoms with Gasteiger partial charge in [0, 0.05) is 11.8 Å². The Balaban J connectivity index is 1.74. The molecule has 1 N–H and O–H groups in total. The molecule has 0 saturated carbocycles. The highest BCUT2D eigenvalue weighted by atomic mass is 16.7. The summed E-state index contributed by atoms with van der Waals surface area (Å²) in [5, 5.41) is 16.2. The molecule has 7 heteroatoms. The predicted molar refractivity (Wildman–Crippen MR) is 102 cm³/mol. The molecule has 2 aromatic carbocycles. The maximum Gasteiger partial charge on any atom is 0.231 e. The summed E-state index contributed by atoms with van der Waals surface area (Å²) < 4.78 is 12.7. The van der Waals surface area contributed by atoms with Crippen LogP contribution in [0.25, 0.3) is 5.69 Å². The summed E-state index contributed by atoms with van der Waals surface area (Å²) in [6.07, 6.45) is 0.798. The van der Waals surface area contributed by atoms with Crippen molar-refractivity contribution < 1.29 is 9.47 Å². The summed E-state index contributed by atoms with van der Waals surface area (Å²) in [6.45, 7) is 8.62. The van der Waals surface area contributed by atoms with E-state index in [2.05, 4.69) is 60.7 Å². The van der Waals surface area contributed by atoms with Crippen molar-refractivity contribution in [1.29, 1.82) is 0 Å². The van der Waals surface area contributed by atoms with Gasteiger partial charge in [-0.3, -0.25) is 0 Å². The number of tetrazole rings is 1. The van der Waals surface area contributed by atoms with Crippen molar-refractivity contribution in [3.05, 3.63) is 53.3 Å². The van der Waals surface area contributed by atoms with Gasteiger partial charge >= 0.3 is 0 Å². The number of benzene rings is 2. The second-order valence-electron chi connectivity index (χ2n) is 7.03.